The molecule has 1 aromatic carbocycles. The maximum atomic E-state index is 3.47. The van der Waals surface area contributed by atoms with E-state index in [9.17, 15) is 0 Å². The molecule has 2 rings (SSSR count). The van der Waals surface area contributed by atoms with Gasteiger partial charge in [-0.15, -0.1) is 0 Å². The molecule has 1 aliphatic heterocycles. The van der Waals surface area contributed by atoms with Crippen molar-refractivity contribution in [2.24, 2.45) is 0 Å². The Morgan fingerprint density at radius 2 is 2.23 bits per heavy atom. The minimum absolute atomic E-state index is 0.549. The monoisotopic (exact) mass is 176 g/mol. The topological polar surface area (TPSA) is 24.1 Å². The van der Waals surface area contributed by atoms with Crippen molar-refractivity contribution < 1.29 is 0 Å². The number of hydrogen-bond acceptors (Lipinski definition) is 2. The first-order valence-electron chi connectivity index (χ1n) is 4.82. The van der Waals surface area contributed by atoms with Crippen molar-refractivity contribution in [1.29, 1.82) is 0 Å². The van der Waals surface area contributed by atoms with E-state index < -0.39 is 0 Å². The molecule has 0 saturated carbocycles. The maximum absolute atomic E-state index is 3.47. The fraction of sp³-hybridized carbons (Fsp3) is 0.455. The fourth-order valence-corrected chi connectivity index (χ4v) is 1.66. The normalized spacial score (nSPS) is 21.5. The van der Waals surface area contributed by atoms with E-state index >= 15 is 0 Å². The van der Waals surface area contributed by atoms with E-state index in [4.69, 9.17) is 0 Å². The smallest absolute Gasteiger partial charge is 0.0386 e. The lowest BCUT2D eigenvalue weighted by Crippen LogP contribution is -2.29. The average Bonchev–Trinajstić information content (AvgIpc) is 2.29. The molecule has 1 unspecified atom stereocenters. The Kier molecular flexibility index (Phi) is 2.23. The van der Waals surface area contributed by atoms with Crippen LogP contribution in [0, 0.1) is 6.92 Å². The van der Waals surface area contributed by atoms with Gasteiger partial charge in [-0.05, 0) is 25.5 Å². The third-order valence-corrected chi connectivity index (χ3v) is 2.50. The number of rotatable bonds is 0. The van der Waals surface area contributed by atoms with Gasteiger partial charge >= 0.3 is 0 Å². The highest BCUT2D eigenvalue weighted by atomic mass is 15.0. The molecule has 13 heavy (non-hydrogen) atoms. The maximum Gasteiger partial charge on any atom is 0.0386 e. The molecule has 1 aliphatic rings. The minimum Gasteiger partial charge on any atom is -0.383 e. The van der Waals surface area contributed by atoms with Crippen LogP contribution in [0.4, 0.5) is 5.69 Å². The van der Waals surface area contributed by atoms with E-state index in [1.165, 1.54) is 16.8 Å². The van der Waals surface area contributed by atoms with Gasteiger partial charge in [-0.1, -0.05) is 17.7 Å². The predicted octanol–water partition coefficient (Wildman–Crippen LogP) is 1.90. The molecule has 0 radical (unpaired) electrons. The third-order valence-electron chi connectivity index (χ3n) is 2.50. The summed E-state index contributed by atoms with van der Waals surface area (Å²) in [5.41, 5.74) is 3.99. The molecule has 0 aliphatic carbocycles. The molecule has 0 fully saturated rings. The minimum atomic E-state index is 0.549. The molecular formula is C11H16N2. The van der Waals surface area contributed by atoms with Crippen LogP contribution in [0.15, 0.2) is 18.2 Å². The van der Waals surface area contributed by atoms with Crippen LogP contribution >= 0.6 is 0 Å². The van der Waals surface area contributed by atoms with Crippen LogP contribution in [-0.2, 0) is 6.54 Å². The van der Waals surface area contributed by atoms with Crippen LogP contribution in [0.2, 0.25) is 0 Å². The van der Waals surface area contributed by atoms with E-state index in [2.05, 4.69) is 42.7 Å². The number of hydrogen-bond donors (Lipinski definition) is 2. The van der Waals surface area contributed by atoms with Gasteiger partial charge in [0.2, 0.25) is 0 Å². The number of benzene rings is 1. The Morgan fingerprint density at radius 1 is 1.38 bits per heavy atom. The van der Waals surface area contributed by atoms with Gasteiger partial charge in [-0.2, -0.15) is 0 Å². The zero-order valence-corrected chi connectivity index (χ0v) is 8.22. The van der Waals surface area contributed by atoms with Crippen molar-refractivity contribution in [3.63, 3.8) is 0 Å². The van der Waals surface area contributed by atoms with Crippen molar-refractivity contribution in [2.45, 2.75) is 26.4 Å². The lowest BCUT2D eigenvalue weighted by Gasteiger charge is -2.08. The largest absolute Gasteiger partial charge is 0.383 e. The van der Waals surface area contributed by atoms with Crippen LogP contribution in [0.25, 0.3) is 0 Å². The van der Waals surface area contributed by atoms with E-state index in [1.807, 2.05) is 0 Å². The first kappa shape index (κ1) is 8.57. The van der Waals surface area contributed by atoms with E-state index in [0.717, 1.165) is 13.1 Å². The van der Waals surface area contributed by atoms with Crippen LogP contribution in [-0.4, -0.2) is 12.6 Å². The Morgan fingerprint density at radius 3 is 3.08 bits per heavy atom. The van der Waals surface area contributed by atoms with Crippen LogP contribution in [0.5, 0.6) is 0 Å². The molecule has 0 aromatic heterocycles. The van der Waals surface area contributed by atoms with Gasteiger partial charge in [0.15, 0.2) is 0 Å². The highest BCUT2D eigenvalue weighted by molar-refractivity contribution is 5.53. The first-order chi connectivity index (χ1) is 6.25. The van der Waals surface area contributed by atoms with Gasteiger partial charge < -0.3 is 10.6 Å². The summed E-state index contributed by atoms with van der Waals surface area (Å²) in [7, 11) is 0. The summed E-state index contributed by atoms with van der Waals surface area (Å²) in [6.07, 6.45) is 0. The number of nitrogens with one attached hydrogen (secondary N) is 2. The fourth-order valence-electron chi connectivity index (χ4n) is 1.66. The summed E-state index contributed by atoms with van der Waals surface area (Å²) in [6, 6.07) is 7.12. The molecule has 0 saturated heterocycles. The second-order valence-electron chi connectivity index (χ2n) is 3.82. The van der Waals surface area contributed by atoms with E-state index in [-0.39, 0.29) is 0 Å². The molecular weight excluding hydrogens is 160 g/mol. The molecule has 0 spiro atoms. The van der Waals surface area contributed by atoms with E-state index in [1.54, 1.807) is 0 Å². The average molecular weight is 176 g/mol. The summed E-state index contributed by atoms with van der Waals surface area (Å²) in [6.45, 7) is 6.32. The molecule has 70 valence electrons. The second-order valence-corrected chi connectivity index (χ2v) is 3.82. The van der Waals surface area contributed by atoms with Gasteiger partial charge in [0.05, 0.1) is 0 Å². The summed E-state index contributed by atoms with van der Waals surface area (Å²) in [5.74, 6) is 0. The Hall–Kier alpha value is -1.02. The molecule has 1 heterocycles. The van der Waals surface area contributed by atoms with E-state index in [0.29, 0.717) is 6.04 Å². The zero-order valence-electron chi connectivity index (χ0n) is 8.22. The van der Waals surface area contributed by atoms with Crippen molar-refractivity contribution in [1.82, 2.24) is 5.32 Å². The zero-order chi connectivity index (χ0) is 9.26. The highest BCUT2D eigenvalue weighted by Gasteiger charge is 2.10. The third kappa shape index (κ3) is 1.83. The molecule has 2 nitrogen and oxygen atoms in total. The number of anilines is 1. The standard InChI is InChI=1S/C11H16N2/c1-8-3-4-11-10(5-8)7-12-9(2)6-13-11/h3-5,9,12-13H,6-7H2,1-2H3. The van der Waals surface area contributed by atoms with Crippen LogP contribution < -0.4 is 10.6 Å². The molecule has 1 aromatic rings. The van der Waals surface area contributed by atoms with Gasteiger partial charge in [-0.25, -0.2) is 0 Å². The second kappa shape index (κ2) is 3.38. The molecule has 2 N–H and O–H groups in total. The first-order valence-corrected chi connectivity index (χ1v) is 4.82. The molecule has 0 bridgehead atoms. The summed E-state index contributed by atoms with van der Waals surface area (Å²) in [4.78, 5) is 0. The lowest BCUT2D eigenvalue weighted by atomic mass is 10.1. The van der Waals surface area contributed by atoms with Crippen molar-refractivity contribution >= 4 is 5.69 Å². The summed E-state index contributed by atoms with van der Waals surface area (Å²) < 4.78 is 0. The van der Waals surface area contributed by atoms with Crippen molar-refractivity contribution in [3.05, 3.63) is 29.3 Å². The molecule has 0 amide bonds. The summed E-state index contributed by atoms with van der Waals surface area (Å²) in [5, 5.41) is 6.90. The Bertz CT molecular complexity index is 307. The van der Waals surface area contributed by atoms with Crippen LogP contribution in [0.1, 0.15) is 18.1 Å². The lowest BCUT2D eigenvalue weighted by molar-refractivity contribution is 0.581. The quantitative estimate of drug-likeness (QED) is 0.631. The molecule has 2 heteroatoms. The van der Waals surface area contributed by atoms with Gasteiger partial charge in [0.1, 0.15) is 0 Å². The van der Waals surface area contributed by atoms with Gasteiger partial charge in [0, 0.05) is 24.8 Å². The highest BCUT2D eigenvalue weighted by Crippen LogP contribution is 2.19. The van der Waals surface area contributed by atoms with Gasteiger partial charge in [-0.3, -0.25) is 0 Å². The Balaban J connectivity index is 2.30. The van der Waals surface area contributed by atoms with Crippen molar-refractivity contribution in [3.8, 4) is 0 Å². The number of aryl methyl sites for hydroxylation is 1. The van der Waals surface area contributed by atoms with Gasteiger partial charge in [0.25, 0.3) is 0 Å². The van der Waals surface area contributed by atoms with Crippen LogP contribution in [0.3, 0.4) is 0 Å². The summed E-state index contributed by atoms with van der Waals surface area (Å²) >= 11 is 0. The Labute approximate surface area is 79.4 Å². The SMILES string of the molecule is Cc1ccc2c(c1)CNC(C)CN2. The number of fused-ring (bicyclic) bond motifs is 1. The van der Waals surface area contributed by atoms with Crippen molar-refractivity contribution in [2.75, 3.05) is 11.9 Å². The predicted molar refractivity (Wildman–Crippen MR) is 56.0 cm³/mol. The molecule has 1 atom stereocenters.